The van der Waals surface area contributed by atoms with E-state index in [0.29, 0.717) is 0 Å². The lowest BCUT2D eigenvalue weighted by atomic mass is 10.0. The molecule has 0 unspecified atom stereocenters. The Kier molecular flexibility index (Phi) is 5.71. The minimum atomic E-state index is 0.969. The van der Waals surface area contributed by atoms with Crippen LogP contribution in [0.25, 0.3) is 6.08 Å². The molecule has 0 saturated carbocycles. The Labute approximate surface area is 120 Å². The largest absolute Gasteiger partial charge is 0.388 e. The molecule has 0 heterocycles. The average Bonchev–Trinajstić information content (AvgIpc) is 2.36. The number of benzene rings is 1. The second kappa shape index (κ2) is 7.05. The third-order valence-electron chi connectivity index (χ3n) is 2.72. The Morgan fingerprint density at radius 3 is 2.53 bits per heavy atom. The number of thioether (sulfide) groups is 1. The van der Waals surface area contributed by atoms with Gasteiger partial charge < -0.3 is 5.32 Å². The smallest absolute Gasteiger partial charge is 0.0343 e. The maximum Gasteiger partial charge on any atom is 0.0343 e. The Balaban J connectivity index is 3.13. The molecular weight excluding hydrogens is 250 g/mol. The SMILES string of the molecule is C=C/C(=C\c1cc(NC)ccc1C)C(=C)SC(=C)C. The summed E-state index contributed by atoms with van der Waals surface area (Å²) in [6.07, 6.45) is 3.95. The number of aryl methyl sites for hydroxylation is 1. The van der Waals surface area contributed by atoms with Gasteiger partial charge >= 0.3 is 0 Å². The van der Waals surface area contributed by atoms with Crippen molar-refractivity contribution in [2.45, 2.75) is 13.8 Å². The highest BCUT2D eigenvalue weighted by Crippen LogP contribution is 2.30. The summed E-state index contributed by atoms with van der Waals surface area (Å²) >= 11 is 1.58. The number of hydrogen-bond donors (Lipinski definition) is 1. The first kappa shape index (κ1) is 15.4. The lowest BCUT2D eigenvalue weighted by Gasteiger charge is -2.09. The molecule has 0 saturated heterocycles. The van der Waals surface area contributed by atoms with E-state index in [9.17, 15) is 0 Å². The predicted molar refractivity (Wildman–Crippen MR) is 90.4 cm³/mol. The number of allylic oxidation sites excluding steroid dienone is 3. The molecule has 0 bridgehead atoms. The van der Waals surface area contributed by atoms with Crippen molar-refractivity contribution in [3.8, 4) is 0 Å². The summed E-state index contributed by atoms with van der Waals surface area (Å²) in [5.74, 6) is 0. The van der Waals surface area contributed by atoms with E-state index in [4.69, 9.17) is 0 Å². The van der Waals surface area contributed by atoms with Crippen molar-refractivity contribution in [1.82, 2.24) is 0 Å². The van der Waals surface area contributed by atoms with Crippen molar-refractivity contribution in [2.75, 3.05) is 12.4 Å². The van der Waals surface area contributed by atoms with E-state index >= 15 is 0 Å². The average molecular weight is 271 g/mol. The summed E-state index contributed by atoms with van der Waals surface area (Å²) in [6.45, 7) is 15.9. The molecule has 0 spiro atoms. The number of nitrogens with one attached hydrogen (secondary N) is 1. The number of rotatable bonds is 6. The molecule has 0 aromatic heterocycles. The molecule has 1 aromatic carbocycles. The van der Waals surface area contributed by atoms with Crippen LogP contribution in [-0.4, -0.2) is 7.05 Å². The van der Waals surface area contributed by atoms with Gasteiger partial charge in [-0.15, -0.1) is 0 Å². The molecule has 0 fully saturated rings. The summed E-state index contributed by atoms with van der Waals surface area (Å²) in [7, 11) is 1.92. The van der Waals surface area contributed by atoms with E-state index in [1.807, 2.05) is 20.0 Å². The molecule has 0 amide bonds. The zero-order valence-electron chi connectivity index (χ0n) is 11.9. The number of hydrogen-bond acceptors (Lipinski definition) is 2. The Bertz CT molecular complexity index is 538. The van der Waals surface area contributed by atoms with Crippen LogP contribution >= 0.6 is 11.8 Å². The van der Waals surface area contributed by atoms with E-state index < -0.39 is 0 Å². The van der Waals surface area contributed by atoms with Crippen LogP contribution in [-0.2, 0) is 0 Å². The molecule has 0 radical (unpaired) electrons. The van der Waals surface area contributed by atoms with Crippen molar-refractivity contribution in [1.29, 1.82) is 0 Å². The third-order valence-corrected chi connectivity index (χ3v) is 3.55. The van der Waals surface area contributed by atoms with Crippen molar-refractivity contribution in [2.24, 2.45) is 0 Å². The summed E-state index contributed by atoms with van der Waals surface area (Å²) in [5, 5.41) is 3.15. The molecule has 1 rings (SSSR count). The van der Waals surface area contributed by atoms with E-state index in [-0.39, 0.29) is 0 Å². The molecule has 1 nitrogen and oxygen atoms in total. The monoisotopic (exact) mass is 271 g/mol. The van der Waals surface area contributed by atoms with E-state index in [2.05, 4.69) is 56.3 Å². The van der Waals surface area contributed by atoms with Crippen LogP contribution < -0.4 is 5.32 Å². The number of anilines is 1. The standard InChI is InChI=1S/C17H21NS/c1-7-15(14(5)19-12(2)3)10-16-11-17(18-6)9-8-13(16)4/h7-11,18H,1-2,5H2,3-4,6H3/b15-10+. The van der Waals surface area contributed by atoms with Crippen molar-refractivity contribution in [3.05, 3.63) is 70.5 Å². The van der Waals surface area contributed by atoms with Crippen LogP contribution in [0.1, 0.15) is 18.1 Å². The predicted octanol–water partition coefficient (Wildman–Crippen LogP) is 5.39. The van der Waals surface area contributed by atoms with Gasteiger partial charge in [-0.3, -0.25) is 0 Å². The van der Waals surface area contributed by atoms with Crippen molar-refractivity contribution in [3.63, 3.8) is 0 Å². The quantitative estimate of drug-likeness (QED) is 0.696. The molecule has 19 heavy (non-hydrogen) atoms. The Morgan fingerprint density at radius 2 is 2.00 bits per heavy atom. The van der Waals surface area contributed by atoms with Crippen LogP contribution in [0.2, 0.25) is 0 Å². The van der Waals surface area contributed by atoms with Gasteiger partial charge in [-0.25, -0.2) is 0 Å². The third kappa shape index (κ3) is 4.49. The fourth-order valence-electron chi connectivity index (χ4n) is 1.64. The first-order chi connectivity index (χ1) is 8.97. The van der Waals surface area contributed by atoms with Crippen molar-refractivity contribution >= 4 is 23.5 Å². The van der Waals surface area contributed by atoms with E-state index in [1.165, 1.54) is 11.1 Å². The normalized spacial score (nSPS) is 11.0. The van der Waals surface area contributed by atoms with Crippen LogP contribution in [0.3, 0.4) is 0 Å². The second-order valence-electron chi connectivity index (χ2n) is 4.35. The highest BCUT2D eigenvalue weighted by atomic mass is 32.2. The minimum Gasteiger partial charge on any atom is -0.388 e. The molecule has 2 heteroatoms. The zero-order valence-corrected chi connectivity index (χ0v) is 12.7. The summed E-state index contributed by atoms with van der Waals surface area (Å²) in [6, 6.07) is 6.29. The zero-order chi connectivity index (χ0) is 14.4. The van der Waals surface area contributed by atoms with Gasteiger partial charge in [0, 0.05) is 17.6 Å². The second-order valence-corrected chi connectivity index (χ2v) is 5.75. The Hall–Kier alpha value is -1.67. The fourth-order valence-corrected chi connectivity index (χ4v) is 2.32. The van der Waals surface area contributed by atoms with Crippen molar-refractivity contribution < 1.29 is 0 Å². The van der Waals surface area contributed by atoms with Gasteiger partial charge in [-0.05, 0) is 53.7 Å². The first-order valence-electron chi connectivity index (χ1n) is 6.13. The summed E-state index contributed by atoms with van der Waals surface area (Å²) in [5.41, 5.74) is 4.53. The first-order valence-corrected chi connectivity index (χ1v) is 6.94. The summed E-state index contributed by atoms with van der Waals surface area (Å²) in [4.78, 5) is 2.00. The highest BCUT2D eigenvalue weighted by Gasteiger charge is 2.03. The molecule has 0 aliphatic rings. The van der Waals surface area contributed by atoms with E-state index in [0.717, 1.165) is 21.1 Å². The van der Waals surface area contributed by atoms with Gasteiger partial charge in [0.15, 0.2) is 0 Å². The molecule has 0 aliphatic heterocycles. The van der Waals surface area contributed by atoms with Crippen LogP contribution in [0, 0.1) is 6.92 Å². The molecular formula is C17H21NS. The molecule has 1 aromatic rings. The lowest BCUT2D eigenvalue weighted by molar-refractivity contribution is 1.41. The maximum atomic E-state index is 4.08. The topological polar surface area (TPSA) is 12.0 Å². The van der Waals surface area contributed by atoms with Gasteiger partial charge in [0.2, 0.25) is 0 Å². The van der Waals surface area contributed by atoms with Gasteiger partial charge in [0.25, 0.3) is 0 Å². The van der Waals surface area contributed by atoms with Crippen LogP contribution in [0.5, 0.6) is 0 Å². The molecule has 100 valence electrons. The maximum absolute atomic E-state index is 4.08. The van der Waals surface area contributed by atoms with Gasteiger partial charge in [-0.1, -0.05) is 43.6 Å². The van der Waals surface area contributed by atoms with E-state index in [1.54, 1.807) is 11.8 Å². The molecule has 0 aliphatic carbocycles. The van der Waals surface area contributed by atoms with Crippen LogP contribution in [0.15, 0.2) is 59.4 Å². The minimum absolute atomic E-state index is 0.969. The highest BCUT2D eigenvalue weighted by molar-refractivity contribution is 8.06. The Morgan fingerprint density at radius 1 is 1.32 bits per heavy atom. The lowest BCUT2D eigenvalue weighted by Crippen LogP contribution is -1.91. The molecule has 1 N–H and O–H groups in total. The molecule has 0 atom stereocenters. The van der Waals surface area contributed by atoms with Gasteiger partial charge in [-0.2, -0.15) is 0 Å². The summed E-state index contributed by atoms with van der Waals surface area (Å²) < 4.78 is 0. The van der Waals surface area contributed by atoms with Gasteiger partial charge in [0.1, 0.15) is 0 Å². The van der Waals surface area contributed by atoms with Gasteiger partial charge in [0.05, 0.1) is 0 Å². The van der Waals surface area contributed by atoms with Crippen LogP contribution in [0.4, 0.5) is 5.69 Å². The fraction of sp³-hybridized carbons (Fsp3) is 0.176.